The summed E-state index contributed by atoms with van der Waals surface area (Å²) in [5.74, 6) is 0.356. The minimum Gasteiger partial charge on any atom is -0.343 e. The number of carbonyl (C=O) groups excluding carboxylic acids is 1. The van der Waals surface area contributed by atoms with Gasteiger partial charge < -0.3 is 4.90 Å². The molecule has 2 nitrogen and oxygen atoms in total. The summed E-state index contributed by atoms with van der Waals surface area (Å²) in [5, 5.41) is 0. The van der Waals surface area contributed by atoms with Crippen LogP contribution in [0, 0.1) is 0 Å². The molecule has 0 rings (SSSR count). The third-order valence-electron chi connectivity index (χ3n) is 2.58. The number of hydrogen-bond donors (Lipinski definition) is 0. The van der Waals surface area contributed by atoms with E-state index in [-0.39, 0.29) is 0 Å². The molecule has 0 aliphatic heterocycles. The van der Waals surface area contributed by atoms with Crippen LogP contribution in [0.25, 0.3) is 0 Å². The summed E-state index contributed by atoms with van der Waals surface area (Å²) in [6, 6.07) is 0. The maximum absolute atomic E-state index is 11.8. The highest BCUT2D eigenvalue weighted by molar-refractivity contribution is 5.76. The van der Waals surface area contributed by atoms with E-state index in [1.165, 1.54) is 19.3 Å². The van der Waals surface area contributed by atoms with Crippen LogP contribution in [0.2, 0.25) is 0 Å². The molecular weight excluding hydrogens is 186 g/mol. The van der Waals surface area contributed by atoms with Gasteiger partial charge in [0.05, 0.1) is 0 Å². The number of carbonyl (C=O) groups is 1. The molecule has 1 amide bonds. The molecule has 0 spiro atoms. The van der Waals surface area contributed by atoms with Crippen molar-refractivity contribution in [1.29, 1.82) is 0 Å². The lowest BCUT2D eigenvalue weighted by atomic mass is 10.1. The normalized spacial score (nSPS) is 10.3. The van der Waals surface area contributed by atoms with Gasteiger partial charge in [0.2, 0.25) is 5.91 Å². The van der Waals surface area contributed by atoms with Gasteiger partial charge >= 0.3 is 0 Å². The summed E-state index contributed by atoms with van der Waals surface area (Å²) in [6.07, 6.45) is 7.66. The van der Waals surface area contributed by atoms with E-state index in [0.717, 1.165) is 38.8 Å². The Labute approximate surface area is 95.0 Å². The van der Waals surface area contributed by atoms with E-state index in [0.29, 0.717) is 5.91 Å². The Balaban J connectivity index is 3.70. The van der Waals surface area contributed by atoms with Crippen LogP contribution >= 0.6 is 0 Å². The highest BCUT2D eigenvalue weighted by Crippen LogP contribution is 2.06. The van der Waals surface area contributed by atoms with E-state index < -0.39 is 0 Å². The SMILES string of the molecule is CCCCCCC(=O)N(CCC)CCC. The van der Waals surface area contributed by atoms with Gasteiger partial charge in [-0.2, -0.15) is 0 Å². The molecule has 0 atom stereocenters. The van der Waals surface area contributed by atoms with E-state index in [2.05, 4.69) is 20.8 Å². The number of nitrogens with zero attached hydrogens (tertiary/aromatic N) is 1. The molecule has 2 heteroatoms. The average molecular weight is 213 g/mol. The summed E-state index contributed by atoms with van der Waals surface area (Å²) in [7, 11) is 0. The molecular formula is C13H27NO. The van der Waals surface area contributed by atoms with Gasteiger partial charge in [0.1, 0.15) is 0 Å². The molecule has 0 aliphatic carbocycles. The number of rotatable bonds is 9. The third-order valence-corrected chi connectivity index (χ3v) is 2.58. The lowest BCUT2D eigenvalue weighted by molar-refractivity contribution is -0.131. The quantitative estimate of drug-likeness (QED) is 0.536. The predicted molar refractivity (Wildman–Crippen MR) is 65.9 cm³/mol. The maximum atomic E-state index is 11.8. The molecule has 15 heavy (non-hydrogen) atoms. The molecule has 0 saturated carbocycles. The Morgan fingerprint density at radius 1 is 0.867 bits per heavy atom. The molecule has 0 aromatic rings. The highest BCUT2D eigenvalue weighted by atomic mass is 16.2. The molecule has 0 aromatic heterocycles. The highest BCUT2D eigenvalue weighted by Gasteiger charge is 2.10. The second-order valence-corrected chi connectivity index (χ2v) is 4.19. The molecule has 0 aliphatic rings. The van der Waals surface area contributed by atoms with Gasteiger partial charge in [-0.1, -0.05) is 40.0 Å². The number of hydrogen-bond acceptors (Lipinski definition) is 1. The van der Waals surface area contributed by atoms with E-state index in [4.69, 9.17) is 0 Å². The van der Waals surface area contributed by atoms with Gasteiger partial charge in [-0.25, -0.2) is 0 Å². The monoisotopic (exact) mass is 213 g/mol. The van der Waals surface area contributed by atoms with Crippen LogP contribution in [-0.2, 0) is 4.79 Å². The fourth-order valence-corrected chi connectivity index (χ4v) is 1.76. The minimum atomic E-state index is 0.356. The molecule has 90 valence electrons. The van der Waals surface area contributed by atoms with Crippen LogP contribution < -0.4 is 0 Å². The topological polar surface area (TPSA) is 20.3 Å². The first-order chi connectivity index (χ1) is 7.26. The van der Waals surface area contributed by atoms with Gasteiger partial charge in [-0.3, -0.25) is 4.79 Å². The van der Waals surface area contributed by atoms with Crippen molar-refractivity contribution in [3.8, 4) is 0 Å². The Hall–Kier alpha value is -0.530. The zero-order chi connectivity index (χ0) is 11.5. The van der Waals surface area contributed by atoms with Crippen molar-refractivity contribution in [2.24, 2.45) is 0 Å². The zero-order valence-corrected chi connectivity index (χ0v) is 10.7. The predicted octanol–water partition coefficient (Wildman–Crippen LogP) is 3.61. The molecule has 0 fully saturated rings. The standard InChI is InChI=1S/C13H27NO/c1-4-7-8-9-10-13(15)14(11-5-2)12-6-3/h4-12H2,1-3H3. The summed E-state index contributed by atoms with van der Waals surface area (Å²) in [6.45, 7) is 8.32. The Morgan fingerprint density at radius 3 is 1.93 bits per heavy atom. The fraction of sp³-hybridized carbons (Fsp3) is 0.923. The third kappa shape index (κ3) is 7.40. The molecule has 0 radical (unpaired) electrons. The molecule has 0 N–H and O–H groups in total. The Morgan fingerprint density at radius 2 is 1.47 bits per heavy atom. The summed E-state index contributed by atoms with van der Waals surface area (Å²) in [5.41, 5.74) is 0. The van der Waals surface area contributed by atoms with Crippen molar-refractivity contribution < 1.29 is 4.79 Å². The average Bonchev–Trinajstić information content (AvgIpc) is 2.24. The minimum absolute atomic E-state index is 0.356. The zero-order valence-electron chi connectivity index (χ0n) is 10.7. The second-order valence-electron chi connectivity index (χ2n) is 4.19. The van der Waals surface area contributed by atoms with Crippen molar-refractivity contribution in [2.75, 3.05) is 13.1 Å². The molecule has 0 aromatic carbocycles. The van der Waals surface area contributed by atoms with E-state index >= 15 is 0 Å². The van der Waals surface area contributed by atoms with Crippen LogP contribution in [0.4, 0.5) is 0 Å². The lowest BCUT2D eigenvalue weighted by Crippen LogP contribution is -2.32. The summed E-state index contributed by atoms with van der Waals surface area (Å²) >= 11 is 0. The smallest absolute Gasteiger partial charge is 0.222 e. The Bertz CT molecular complexity index is 151. The Kier molecular flexibility index (Phi) is 9.65. The maximum Gasteiger partial charge on any atom is 0.222 e. The van der Waals surface area contributed by atoms with Crippen molar-refractivity contribution >= 4 is 5.91 Å². The fourth-order valence-electron chi connectivity index (χ4n) is 1.76. The molecule has 0 heterocycles. The van der Waals surface area contributed by atoms with Gasteiger partial charge in [-0.05, 0) is 19.3 Å². The van der Waals surface area contributed by atoms with Crippen molar-refractivity contribution in [3.63, 3.8) is 0 Å². The first-order valence-electron chi connectivity index (χ1n) is 6.54. The van der Waals surface area contributed by atoms with Crippen LogP contribution in [0.15, 0.2) is 0 Å². The van der Waals surface area contributed by atoms with Crippen LogP contribution in [0.3, 0.4) is 0 Å². The van der Waals surface area contributed by atoms with E-state index in [1.54, 1.807) is 0 Å². The molecule has 0 bridgehead atoms. The van der Waals surface area contributed by atoms with E-state index in [9.17, 15) is 4.79 Å². The van der Waals surface area contributed by atoms with Gasteiger partial charge in [0.15, 0.2) is 0 Å². The summed E-state index contributed by atoms with van der Waals surface area (Å²) < 4.78 is 0. The van der Waals surface area contributed by atoms with Gasteiger partial charge in [0, 0.05) is 19.5 Å². The number of unbranched alkanes of at least 4 members (excludes halogenated alkanes) is 3. The number of amides is 1. The first kappa shape index (κ1) is 14.5. The second kappa shape index (κ2) is 10.0. The largest absolute Gasteiger partial charge is 0.343 e. The van der Waals surface area contributed by atoms with Gasteiger partial charge in [-0.15, -0.1) is 0 Å². The molecule has 0 unspecified atom stereocenters. The van der Waals surface area contributed by atoms with E-state index in [1.807, 2.05) is 4.90 Å². The molecule has 0 saturated heterocycles. The summed E-state index contributed by atoms with van der Waals surface area (Å²) in [4.78, 5) is 13.8. The van der Waals surface area contributed by atoms with Crippen LogP contribution in [0.5, 0.6) is 0 Å². The van der Waals surface area contributed by atoms with Crippen molar-refractivity contribution in [1.82, 2.24) is 4.90 Å². The first-order valence-corrected chi connectivity index (χ1v) is 6.54. The lowest BCUT2D eigenvalue weighted by Gasteiger charge is -2.21. The van der Waals surface area contributed by atoms with Crippen LogP contribution in [0.1, 0.15) is 65.7 Å². The van der Waals surface area contributed by atoms with Crippen molar-refractivity contribution in [3.05, 3.63) is 0 Å². The van der Waals surface area contributed by atoms with Crippen molar-refractivity contribution in [2.45, 2.75) is 65.7 Å². The van der Waals surface area contributed by atoms with Crippen LogP contribution in [-0.4, -0.2) is 23.9 Å². The van der Waals surface area contributed by atoms with Gasteiger partial charge in [0.25, 0.3) is 0 Å².